The van der Waals surface area contributed by atoms with Crippen LogP contribution in [0.25, 0.3) is 6.08 Å². The molecule has 30 heavy (non-hydrogen) atoms. The molecule has 1 aliphatic heterocycles. The first-order valence-corrected chi connectivity index (χ1v) is 10.9. The topological polar surface area (TPSA) is 29.5 Å². The number of amides is 1. The summed E-state index contributed by atoms with van der Waals surface area (Å²) < 4.78 is 6.64. The first-order valence-electron chi connectivity index (χ1n) is 9.67. The maximum absolute atomic E-state index is 13.0. The highest BCUT2D eigenvalue weighted by Gasteiger charge is 2.32. The molecule has 3 aromatic rings. The van der Waals surface area contributed by atoms with Gasteiger partial charge in [0.2, 0.25) is 0 Å². The van der Waals surface area contributed by atoms with E-state index in [0.717, 1.165) is 28.0 Å². The van der Waals surface area contributed by atoms with Crippen LogP contribution in [-0.4, -0.2) is 15.1 Å². The van der Waals surface area contributed by atoms with Crippen LogP contribution < -0.4 is 4.74 Å². The molecule has 1 heterocycles. The third-order valence-electron chi connectivity index (χ3n) is 4.75. The Morgan fingerprint density at radius 1 is 0.967 bits per heavy atom. The van der Waals surface area contributed by atoms with Gasteiger partial charge in [-0.3, -0.25) is 9.69 Å². The summed E-state index contributed by atoms with van der Waals surface area (Å²) in [6.07, 6.45) is 1.89. The van der Waals surface area contributed by atoms with Crippen LogP contribution in [-0.2, 0) is 17.9 Å². The molecule has 0 N–H and O–H groups in total. The molecule has 0 aliphatic carbocycles. The molecule has 4 rings (SSSR count). The lowest BCUT2D eigenvalue weighted by molar-refractivity contribution is -0.122. The van der Waals surface area contributed by atoms with Crippen LogP contribution in [0.3, 0.4) is 0 Å². The average Bonchev–Trinajstić information content (AvgIpc) is 3.02. The van der Waals surface area contributed by atoms with Gasteiger partial charge in [-0.1, -0.05) is 96.3 Å². The number of benzene rings is 3. The van der Waals surface area contributed by atoms with Crippen LogP contribution in [0.5, 0.6) is 5.75 Å². The largest absolute Gasteiger partial charge is 0.488 e. The van der Waals surface area contributed by atoms with Gasteiger partial charge >= 0.3 is 0 Å². The van der Waals surface area contributed by atoms with E-state index in [0.29, 0.717) is 22.4 Å². The molecule has 3 aromatic carbocycles. The minimum Gasteiger partial charge on any atom is -0.488 e. The lowest BCUT2D eigenvalue weighted by atomic mass is 10.1. The lowest BCUT2D eigenvalue weighted by Crippen LogP contribution is -2.27. The zero-order chi connectivity index (χ0) is 20.9. The van der Waals surface area contributed by atoms with Gasteiger partial charge in [-0.05, 0) is 36.3 Å². The SMILES string of the molecule is Cc1ccc(OCc2ccccc2)c(/C=C2\SC(=S)N(Cc3ccccc3)C2=O)c1. The molecule has 3 nitrogen and oxygen atoms in total. The fourth-order valence-electron chi connectivity index (χ4n) is 3.19. The van der Waals surface area contributed by atoms with Crippen molar-refractivity contribution < 1.29 is 9.53 Å². The number of aryl methyl sites for hydroxylation is 1. The molecular formula is C25H21NO2S2. The fourth-order valence-corrected chi connectivity index (χ4v) is 4.44. The normalized spacial score (nSPS) is 15.1. The van der Waals surface area contributed by atoms with Gasteiger partial charge in [-0.25, -0.2) is 0 Å². The Balaban J connectivity index is 1.55. The quantitative estimate of drug-likeness (QED) is 0.355. The second-order valence-corrected chi connectivity index (χ2v) is 8.74. The molecule has 1 aliphatic rings. The molecule has 0 spiro atoms. The molecular weight excluding hydrogens is 410 g/mol. The van der Waals surface area contributed by atoms with Gasteiger partial charge in [-0.2, -0.15) is 0 Å². The highest BCUT2D eigenvalue weighted by Crippen LogP contribution is 2.35. The van der Waals surface area contributed by atoms with E-state index < -0.39 is 0 Å². The Hall–Kier alpha value is -2.89. The smallest absolute Gasteiger partial charge is 0.266 e. The van der Waals surface area contributed by atoms with E-state index in [1.165, 1.54) is 11.8 Å². The summed E-state index contributed by atoms with van der Waals surface area (Å²) in [5.41, 5.74) is 4.13. The molecule has 0 atom stereocenters. The van der Waals surface area contributed by atoms with Crippen LogP contribution in [0, 0.1) is 6.92 Å². The minimum absolute atomic E-state index is 0.0654. The number of ether oxygens (including phenoxy) is 1. The number of hydrogen-bond donors (Lipinski definition) is 0. The van der Waals surface area contributed by atoms with Gasteiger partial charge in [-0.15, -0.1) is 0 Å². The Morgan fingerprint density at radius 2 is 1.63 bits per heavy atom. The maximum atomic E-state index is 13.0. The Labute approximate surface area is 186 Å². The van der Waals surface area contributed by atoms with Crippen molar-refractivity contribution in [1.82, 2.24) is 4.90 Å². The van der Waals surface area contributed by atoms with Crippen LogP contribution in [0.2, 0.25) is 0 Å². The number of nitrogens with zero attached hydrogens (tertiary/aromatic N) is 1. The Kier molecular flexibility index (Phi) is 6.31. The van der Waals surface area contributed by atoms with Gasteiger partial charge in [0.15, 0.2) is 0 Å². The van der Waals surface area contributed by atoms with E-state index in [-0.39, 0.29) is 5.91 Å². The van der Waals surface area contributed by atoms with Crippen molar-refractivity contribution in [2.75, 3.05) is 0 Å². The van der Waals surface area contributed by atoms with Crippen molar-refractivity contribution >= 4 is 40.3 Å². The van der Waals surface area contributed by atoms with E-state index in [1.807, 2.05) is 91.9 Å². The molecule has 0 saturated carbocycles. The molecule has 0 aromatic heterocycles. The number of carbonyl (C=O) groups is 1. The second kappa shape index (κ2) is 9.28. The number of carbonyl (C=O) groups excluding carboxylic acids is 1. The van der Waals surface area contributed by atoms with E-state index in [4.69, 9.17) is 17.0 Å². The lowest BCUT2D eigenvalue weighted by Gasteiger charge is -2.14. The molecule has 1 saturated heterocycles. The van der Waals surface area contributed by atoms with Crippen molar-refractivity contribution in [3.05, 3.63) is 106 Å². The molecule has 0 radical (unpaired) electrons. The molecule has 0 bridgehead atoms. The molecule has 5 heteroatoms. The molecule has 150 valence electrons. The van der Waals surface area contributed by atoms with Gasteiger partial charge < -0.3 is 4.74 Å². The zero-order valence-corrected chi connectivity index (χ0v) is 18.2. The molecule has 1 amide bonds. The number of hydrogen-bond acceptors (Lipinski definition) is 4. The average molecular weight is 432 g/mol. The summed E-state index contributed by atoms with van der Waals surface area (Å²) in [4.78, 5) is 15.3. The van der Waals surface area contributed by atoms with Gasteiger partial charge in [0.1, 0.15) is 16.7 Å². The first kappa shape index (κ1) is 20.4. The van der Waals surface area contributed by atoms with Crippen molar-refractivity contribution in [1.29, 1.82) is 0 Å². The van der Waals surface area contributed by atoms with Crippen molar-refractivity contribution in [2.45, 2.75) is 20.1 Å². The third-order valence-corrected chi connectivity index (χ3v) is 6.12. The second-order valence-electron chi connectivity index (χ2n) is 7.07. The van der Waals surface area contributed by atoms with Gasteiger partial charge in [0.05, 0.1) is 11.4 Å². The van der Waals surface area contributed by atoms with E-state index in [1.54, 1.807) is 4.90 Å². The highest BCUT2D eigenvalue weighted by atomic mass is 32.2. The Morgan fingerprint density at radius 3 is 2.33 bits per heavy atom. The van der Waals surface area contributed by atoms with Crippen LogP contribution in [0.15, 0.2) is 83.8 Å². The first-order chi connectivity index (χ1) is 14.6. The number of thioether (sulfide) groups is 1. The molecule has 1 fully saturated rings. The van der Waals surface area contributed by atoms with Crippen LogP contribution in [0.4, 0.5) is 0 Å². The third kappa shape index (κ3) is 4.81. The molecule has 0 unspecified atom stereocenters. The van der Waals surface area contributed by atoms with E-state index >= 15 is 0 Å². The minimum atomic E-state index is -0.0654. The number of thiocarbonyl (C=S) groups is 1. The number of rotatable bonds is 6. The van der Waals surface area contributed by atoms with Gasteiger partial charge in [0, 0.05) is 5.56 Å². The fraction of sp³-hybridized carbons (Fsp3) is 0.120. The van der Waals surface area contributed by atoms with Crippen molar-refractivity contribution in [3.63, 3.8) is 0 Å². The summed E-state index contributed by atoms with van der Waals surface area (Å²) >= 11 is 6.82. The van der Waals surface area contributed by atoms with Gasteiger partial charge in [0.25, 0.3) is 5.91 Å². The standard InChI is InChI=1S/C25H21NO2S2/c1-18-12-13-22(28-17-20-10-6-3-7-11-20)21(14-18)15-23-24(27)26(25(29)30-23)16-19-8-4-2-5-9-19/h2-15H,16-17H2,1H3/b23-15-. The van der Waals surface area contributed by atoms with Crippen molar-refractivity contribution in [3.8, 4) is 5.75 Å². The summed E-state index contributed by atoms with van der Waals surface area (Å²) in [7, 11) is 0. The summed E-state index contributed by atoms with van der Waals surface area (Å²) in [6.45, 7) is 2.98. The summed E-state index contributed by atoms with van der Waals surface area (Å²) in [6, 6.07) is 25.9. The van der Waals surface area contributed by atoms with Crippen molar-refractivity contribution in [2.24, 2.45) is 0 Å². The summed E-state index contributed by atoms with van der Waals surface area (Å²) in [5, 5.41) is 0. The van der Waals surface area contributed by atoms with Crippen LogP contribution in [0.1, 0.15) is 22.3 Å². The summed E-state index contributed by atoms with van der Waals surface area (Å²) in [5.74, 6) is 0.683. The predicted octanol–water partition coefficient (Wildman–Crippen LogP) is 5.98. The predicted molar refractivity (Wildman–Crippen MR) is 127 cm³/mol. The van der Waals surface area contributed by atoms with Crippen LogP contribution >= 0.6 is 24.0 Å². The highest BCUT2D eigenvalue weighted by molar-refractivity contribution is 8.26. The monoisotopic (exact) mass is 431 g/mol. The van der Waals surface area contributed by atoms with E-state index in [2.05, 4.69) is 0 Å². The zero-order valence-electron chi connectivity index (χ0n) is 16.6. The van der Waals surface area contributed by atoms with E-state index in [9.17, 15) is 4.79 Å². The maximum Gasteiger partial charge on any atom is 0.266 e. The Bertz CT molecular complexity index is 1090.